The summed E-state index contributed by atoms with van der Waals surface area (Å²) in [6.07, 6.45) is 6.38. The number of rotatable bonds is 6. The Morgan fingerprint density at radius 1 is 0.912 bits per heavy atom. The highest BCUT2D eigenvalue weighted by molar-refractivity contribution is 5.85. The van der Waals surface area contributed by atoms with Crippen LogP contribution in [-0.4, -0.2) is 86.0 Å². The van der Waals surface area contributed by atoms with Gasteiger partial charge in [-0.05, 0) is 62.6 Å². The van der Waals surface area contributed by atoms with E-state index in [1.54, 1.807) is 20.1 Å². The average molecular weight is 474 g/mol. The monoisotopic (exact) mass is 473 g/mol. The van der Waals surface area contributed by atoms with E-state index in [-0.39, 0.29) is 35.4 Å². The summed E-state index contributed by atoms with van der Waals surface area (Å²) in [4.78, 5) is 34.1. The van der Waals surface area contributed by atoms with Crippen LogP contribution < -0.4 is 0 Å². The van der Waals surface area contributed by atoms with Crippen molar-refractivity contribution in [2.75, 3.05) is 59.5 Å². The first kappa shape index (κ1) is 25.1. The quantitative estimate of drug-likeness (QED) is 0.635. The highest BCUT2D eigenvalue weighted by atomic mass is 19.1. The predicted octanol–water partition coefficient (Wildman–Crippen LogP) is 3.44. The number of carbonyl (C=O) groups excluding carboxylic acids is 2. The summed E-state index contributed by atoms with van der Waals surface area (Å²) in [6, 6.07) is 5.12. The molecule has 0 N–H and O–H groups in total. The fourth-order valence-corrected chi connectivity index (χ4v) is 6.12. The van der Waals surface area contributed by atoms with Gasteiger partial charge in [0.25, 0.3) is 0 Å². The largest absolute Gasteiger partial charge is 0.383 e. The van der Waals surface area contributed by atoms with Crippen molar-refractivity contribution in [1.29, 1.82) is 0 Å². The van der Waals surface area contributed by atoms with Gasteiger partial charge in [-0.1, -0.05) is 12.1 Å². The fourth-order valence-electron chi connectivity index (χ4n) is 6.12. The zero-order chi connectivity index (χ0) is 24.1. The Morgan fingerprint density at radius 2 is 1.44 bits per heavy atom. The molecule has 3 aliphatic heterocycles. The van der Waals surface area contributed by atoms with Crippen LogP contribution in [0.3, 0.4) is 0 Å². The second kappa shape index (κ2) is 11.6. The number of methoxy groups -OCH3 is 1. The third-order valence-corrected chi connectivity index (χ3v) is 8.03. The van der Waals surface area contributed by atoms with Gasteiger partial charge in [-0.15, -0.1) is 0 Å². The Morgan fingerprint density at radius 3 is 1.94 bits per heavy atom. The first-order chi connectivity index (χ1) is 16.5. The first-order valence-corrected chi connectivity index (χ1v) is 13.0. The molecule has 3 aliphatic rings. The van der Waals surface area contributed by atoms with E-state index in [0.717, 1.165) is 70.3 Å². The molecule has 3 fully saturated rings. The Kier molecular flexibility index (Phi) is 8.59. The number of likely N-dealkylation sites (tertiary alicyclic amines) is 3. The van der Waals surface area contributed by atoms with E-state index in [1.165, 1.54) is 6.07 Å². The van der Waals surface area contributed by atoms with Gasteiger partial charge in [0.1, 0.15) is 5.82 Å². The summed E-state index contributed by atoms with van der Waals surface area (Å²) < 4.78 is 20.1. The second-order valence-electron chi connectivity index (χ2n) is 10.2. The topological polar surface area (TPSA) is 53.1 Å². The van der Waals surface area contributed by atoms with E-state index in [1.807, 2.05) is 15.9 Å². The lowest BCUT2D eigenvalue weighted by Crippen LogP contribution is -2.56. The Hall–Kier alpha value is -1.99. The molecule has 0 aliphatic carbocycles. The van der Waals surface area contributed by atoms with Crippen molar-refractivity contribution in [3.63, 3.8) is 0 Å². The average Bonchev–Trinajstić information content (AvgIpc) is 2.89. The third-order valence-electron chi connectivity index (χ3n) is 8.03. The molecular formula is C27H40FN3O3. The lowest BCUT2D eigenvalue weighted by molar-refractivity contribution is -0.146. The number of piperidine rings is 3. The van der Waals surface area contributed by atoms with E-state index in [4.69, 9.17) is 4.74 Å². The SMILES string of the molecule is COCCN1CC(C(=O)N2CCCCC2)C(c2cccc(F)c2C)[C@@H](C(=O)N2CCCCC2)C1. The molecule has 3 heterocycles. The standard InChI is InChI=1S/C27H40FN3O3/c1-20-21(10-9-11-24(20)28)25-22(26(32)30-12-5-3-6-13-30)18-29(16-17-34-2)19-23(25)27(33)31-14-7-4-8-15-31/h9-11,22-23,25H,3-8,12-19H2,1-2H3/t22-,23?,25?/m0/s1. The molecule has 3 atom stereocenters. The molecule has 0 radical (unpaired) electrons. The van der Waals surface area contributed by atoms with Crippen molar-refractivity contribution in [3.05, 3.63) is 35.1 Å². The number of halogens is 1. The van der Waals surface area contributed by atoms with Crippen LogP contribution in [0.2, 0.25) is 0 Å². The predicted molar refractivity (Wildman–Crippen MR) is 130 cm³/mol. The van der Waals surface area contributed by atoms with Gasteiger partial charge < -0.3 is 14.5 Å². The van der Waals surface area contributed by atoms with Crippen LogP contribution in [0.15, 0.2) is 18.2 Å². The molecule has 2 unspecified atom stereocenters. The van der Waals surface area contributed by atoms with Gasteiger partial charge >= 0.3 is 0 Å². The first-order valence-electron chi connectivity index (χ1n) is 13.0. The molecule has 0 saturated carbocycles. The van der Waals surface area contributed by atoms with Crippen molar-refractivity contribution in [1.82, 2.24) is 14.7 Å². The van der Waals surface area contributed by atoms with Crippen LogP contribution in [0.4, 0.5) is 4.39 Å². The molecule has 0 aromatic heterocycles. The maximum absolute atomic E-state index is 14.7. The Balaban J connectivity index is 1.73. The number of nitrogens with zero attached hydrogens (tertiary/aromatic N) is 3. The second-order valence-corrected chi connectivity index (χ2v) is 10.2. The lowest BCUT2D eigenvalue weighted by Gasteiger charge is -2.46. The maximum Gasteiger partial charge on any atom is 0.227 e. The minimum absolute atomic E-state index is 0.118. The van der Waals surface area contributed by atoms with E-state index in [0.29, 0.717) is 31.8 Å². The van der Waals surface area contributed by atoms with Crippen molar-refractivity contribution in [2.45, 2.75) is 51.4 Å². The molecule has 188 valence electrons. The molecule has 3 saturated heterocycles. The number of ether oxygens (including phenoxy) is 1. The minimum Gasteiger partial charge on any atom is -0.383 e. The summed E-state index contributed by atoms with van der Waals surface area (Å²) in [5.41, 5.74) is 1.38. The third kappa shape index (κ3) is 5.46. The number of amides is 2. The summed E-state index contributed by atoms with van der Waals surface area (Å²) in [5, 5.41) is 0. The van der Waals surface area contributed by atoms with Crippen LogP contribution in [0.25, 0.3) is 0 Å². The van der Waals surface area contributed by atoms with E-state index in [2.05, 4.69) is 4.90 Å². The number of carbonyl (C=O) groups is 2. The van der Waals surface area contributed by atoms with Crippen molar-refractivity contribution < 1.29 is 18.7 Å². The summed E-state index contributed by atoms with van der Waals surface area (Å²) in [5.74, 6) is -1.10. The van der Waals surface area contributed by atoms with Gasteiger partial charge in [-0.2, -0.15) is 0 Å². The molecule has 34 heavy (non-hydrogen) atoms. The van der Waals surface area contributed by atoms with Crippen LogP contribution in [0, 0.1) is 24.6 Å². The maximum atomic E-state index is 14.7. The highest BCUT2D eigenvalue weighted by Crippen LogP contribution is 2.41. The minimum atomic E-state index is -0.372. The van der Waals surface area contributed by atoms with E-state index < -0.39 is 0 Å². The Labute approximate surface area is 203 Å². The molecule has 6 nitrogen and oxygen atoms in total. The van der Waals surface area contributed by atoms with Crippen molar-refractivity contribution >= 4 is 11.8 Å². The summed E-state index contributed by atoms with van der Waals surface area (Å²) >= 11 is 0. The molecule has 0 bridgehead atoms. The molecule has 0 spiro atoms. The number of hydrogen-bond acceptors (Lipinski definition) is 4. The molecule has 4 rings (SSSR count). The zero-order valence-corrected chi connectivity index (χ0v) is 20.8. The molecule has 1 aromatic carbocycles. The molecular weight excluding hydrogens is 433 g/mol. The van der Waals surface area contributed by atoms with E-state index in [9.17, 15) is 14.0 Å². The van der Waals surface area contributed by atoms with Gasteiger partial charge in [-0.25, -0.2) is 4.39 Å². The smallest absolute Gasteiger partial charge is 0.227 e. The van der Waals surface area contributed by atoms with Crippen LogP contribution >= 0.6 is 0 Å². The normalized spacial score (nSPS) is 26.5. The summed E-state index contributed by atoms with van der Waals surface area (Å²) in [6.45, 7) is 7.25. The van der Waals surface area contributed by atoms with E-state index >= 15 is 0 Å². The molecule has 7 heteroatoms. The van der Waals surface area contributed by atoms with Gasteiger partial charge in [0, 0.05) is 58.8 Å². The fraction of sp³-hybridized carbons (Fsp3) is 0.704. The van der Waals surface area contributed by atoms with Crippen molar-refractivity contribution in [3.8, 4) is 0 Å². The highest BCUT2D eigenvalue weighted by Gasteiger charge is 2.47. The molecule has 1 aromatic rings. The Bertz CT molecular complexity index is 812. The van der Waals surface area contributed by atoms with Crippen LogP contribution in [0.1, 0.15) is 55.6 Å². The zero-order valence-electron chi connectivity index (χ0n) is 20.8. The van der Waals surface area contributed by atoms with Crippen LogP contribution in [0.5, 0.6) is 0 Å². The van der Waals surface area contributed by atoms with Gasteiger partial charge in [0.2, 0.25) is 11.8 Å². The van der Waals surface area contributed by atoms with Gasteiger partial charge in [0.05, 0.1) is 18.4 Å². The number of hydrogen-bond donors (Lipinski definition) is 0. The van der Waals surface area contributed by atoms with Gasteiger partial charge in [-0.3, -0.25) is 14.5 Å². The number of benzene rings is 1. The van der Waals surface area contributed by atoms with Crippen LogP contribution in [-0.2, 0) is 14.3 Å². The van der Waals surface area contributed by atoms with Crippen molar-refractivity contribution in [2.24, 2.45) is 11.8 Å². The summed E-state index contributed by atoms with van der Waals surface area (Å²) in [7, 11) is 1.68. The van der Waals surface area contributed by atoms with Gasteiger partial charge in [0.15, 0.2) is 0 Å². The molecule has 2 amide bonds. The lowest BCUT2D eigenvalue weighted by atomic mass is 9.71.